The number of hydrogen-bond donors (Lipinski definition) is 1. The summed E-state index contributed by atoms with van der Waals surface area (Å²) in [5.74, 6) is -0.908. The van der Waals surface area contributed by atoms with Crippen LogP contribution in [0.2, 0.25) is 0 Å². The first-order chi connectivity index (χ1) is 9.63. The Bertz CT molecular complexity index is 590. The van der Waals surface area contributed by atoms with E-state index in [2.05, 4.69) is 26.2 Å². The van der Waals surface area contributed by atoms with Gasteiger partial charge in [0.2, 0.25) is 0 Å². The van der Waals surface area contributed by atoms with Gasteiger partial charge in [0.05, 0.1) is 11.7 Å². The Morgan fingerprint density at radius 2 is 2.10 bits per heavy atom. The van der Waals surface area contributed by atoms with Crippen molar-refractivity contribution >= 4 is 15.9 Å². The predicted molar refractivity (Wildman–Crippen MR) is 78.4 cm³/mol. The molecule has 2 rings (SSSR count). The Hall–Kier alpha value is -1.33. The number of rotatable bonds is 5. The Balaban J connectivity index is 2.47. The molecule has 1 heterocycles. The van der Waals surface area contributed by atoms with Gasteiger partial charge < -0.3 is 5.32 Å². The second-order valence-electron chi connectivity index (χ2n) is 4.42. The van der Waals surface area contributed by atoms with E-state index in [1.54, 1.807) is 12.3 Å². The van der Waals surface area contributed by atoms with Crippen LogP contribution in [0.1, 0.15) is 30.6 Å². The molecular formula is C15H15BrF2N2. The molecule has 1 atom stereocenters. The van der Waals surface area contributed by atoms with Crippen LogP contribution in [0, 0.1) is 11.6 Å². The molecule has 0 amide bonds. The van der Waals surface area contributed by atoms with Gasteiger partial charge in [-0.15, -0.1) is 0 Å². The molecule has 0 aliphatic rings. The minimum Gasteiger partial charge on any atom is -0.305 e. The van der Waals surface area contributed by atoms with Crippen LogP contribution in [0.15, 0.2) is 41.0 Å². The molecule has 0 aliphatic heterocycles. The van der Waals surface area contributed by atoms with Crippen molar-refractivity contribution < 1.29 is 8.78 Å². The maximum Gasteiger partial charge on any atom is 0.128 e. The Kier molecular flexibility index (Phi) is 5.20. The van der Waals surface area contributed by atoms with Crippen molar-refractivity contribution in [2.75, 3.05) is 6.54 Å². The highest BCUT2D eigenvalue weighted by molar-refractivity contribution is 9.10. The number of hydrogen-bond acceptors (Lipinski definition) is 2. The Morgan fingerprint density at radius 3 is 2.80 bits per heavy atom. The molecule has 0 spiro atoms. The lowest BCUT2D eigenvalue weighted by Crippen LogP contribution is -2.25. The van der Waals surface area contributed by atoms with Crippen LogP contribution >= 0.6 is 15.9 Å². The number of nitrogens with one attached hydrogen (secondary N) is 1. The van der Waals surface area contributed by atoms with Crippen LogP contribution in [0.3, 0.4) is 0 Å². The number of nitrogens with zero attached hydrogens (tertiary/aromatic N) is 1. The molecule has 5 heteroatoms. The van der Waals surface area contributed by atoms with Crippen molar-refractivity contribution in [2.45, 2.75) is 19.4 Å². The molecule has 2 nitrogen and oxygen atoms in total. The summed E-state index contributed by atoms with van der Waals surface area (Å²) < 4.78 is 28.2. The zero-order chi connectivity index (χ0) is 14.5. The van der Waals surface area contributed by atoms with E-state index in [-0.39, 0.29) is 5.56 Å². The van der Waals surface area contributed by atoms with Gasteiger partial charge >= 0.3 is 0 Å². The van der Waals surface area contributed by atoms with Crippen molar-refractivity contribution in [3.8, 4) is 0 Å². The lowest BCUT2D eigenvalue weighted by molar-refractivity contribution is 0.528. The zero-order valence-electron chi connectivity index (χ0n) is 11.0. The zero-order valence-corrected chi connectivity index (χ0v) is 12.6. The quantitative estimate of drug-likeness (QED) is 0.881. The summed E-state index contributed by atoms with van der Waals surface area (Å²) in [6.07, 6.45) is 2.52. The fraction of sp³-hybridized carbons (Fsp3) is 0.267. The summed E-state index contributed by atoms with van der Waals surface area (Å²) in [6, 6.07) is 6.60. The van der Waals surface area contributed by atoms with E-state index in [4.69, 9.17) is 0 Å². The second-order valence-corrected chi connectivity index (χ2v) is 5.28. The third-order valence-electron chi connectivity index (χ3n) is 2.93. The van der Waals surface area contributed by atoms with Gasteiger partial charge in [0.1, 0.15) is 11.6 Å². The highest BCUT2D eigenvalue weighted by Crippen LogP contribution is 2.28. The van der Waals surface area contributed by atoms with Gasteiger partial charge in [-0.3, -0.25) is 4.98 Å². The molecule has 0 bridgehead atoms. The first-order valence-electron chi connectivity index (χ1n) is 6.42. The molecule has 0 radical (unpaired) electrons. The SMILES string of the molecule is CCCNC(c1cc(F)ccc1F)c1ncccc1Br. The topological polar surface area (TPSA) is 24.9 Å². The average Bonchev–Trinajstić information content (AvgIpc) is 2.44. The maximum absolute atomic E-state index is 14.0. The largest absolute Gasteiger partial charge is 0.305 e. The summed E-state index contributed by atoms with van der Waals surface area (Å²) in [5, 5.41) is 3.21. The second kappa shape index (κ2) is 6.90. The van der Waals surface area contributed by atoms with Crippen LogP contribution < -0.4 is 5.32 Å². The molecule has 2 aromatic rings. The predicted octanol–water partition coefficient (Wildman–Crippen LogP) is 4.21. The number of pyridine rings is 1. The number of aromatic nitrogens is 1. The minimum atomic E-state index is -0.485. The van der Waals surface area contributed by atoms with E-state index >= 15 is 0 Å². The summed E-state index contributed by atoms with van der Waals surface area (Å²) >= 11 is 3.41. The molecule has 20 heavy (non-hydrogen) atoms. The van der Waals surface area contributed by atoms with Crippen molar-refractivity contribution in [2.24, 2.45) is 0 Å². The molecule has 1 aromatic carbocycles. The lowest BCUT2D eigenvalue weighted by Gasteiger charge is -2.20. The van der Waals surface area contributed by atoms with Gasteiger partial charge in [-0.25, -0.2) is 8.78 Å². The minimum absolute atomic E-state index is 0.262. The lowest BCUT2D eigenvalue weighted by atomic mass is 10.0. The fourth-order valence-corrected chi connectivity index (χ4v) is 2.47. The number of halogens is 3. The van der Waals surface area contributed by atoms with Gasteiger partial charge in [0.15, 0.2) is 0 Å². The van der Waals surface area contributed by atoms with Crippen molar-refractivity contribution in [3.63, 3.8) is 0 Å². The van der Waals surface area contributed by atoms with Crippen molar-refractivity contribution in [1.29, 1.82) is 0 Å². The van der Waals surface area contributed by atoms with Gasteiger partial charge in [0, 0.05) is 16.2 Å². The molecule has 1 unspecified atom stereocenters. The van der Waals surface area contributed by atoms with Crippen LogP contribution in [0.4, 0.5) is 8.78 Å². The normalized spacial score (nSPS) is 12.4. The molecule has 106 valence electrons. The molecular weight excluding hydrogens is 326 g/mol. The van der Waals surface area contributed by atoms with Crippen molar-refractivity contribution in [1.82, 2.24) is 10.3 Å². The highest BCUT2D eigenvalue weighted by atomic mass is 79.9. The average molecular weight is 341 g/mol. The summed E-state index contributed by atoms with van der Waals surface area (Å²) in [7, 11) is 0. The van der Waals surface area contributed by atoms with Crippen LogP contribution in [-0.4, -0.2) is 11.5 Å². The Morgan fingerprint density at radius 1 is 1.30 bits per heavy atom. The number of benzene rings is 1. The van der Waals surface area contributed by atoms with E-state index in [1.165, 1.54) is 6.07 Å². The van der Waals surface area contributed by atoms with E-state index in [0.29, 0.717) is 12.2 Å². The molecule has 0 saturated carbocycles. The smallest absolute Gasteiger partial charge is 0.128 e. The molecule has 0 fully saturated rings. The van der Waals surface area contributed by atoms with E-state index in [1.807, 2.05) is 13.0 Å². The van der Waals surface area contributed by atoms with Crippen LogP contribution in [0.5, 0.6) is 0 Å². The fourth-order valence-electron chi connectivity index (χ4n) is 1.99. The third kappa shape index (κ3) is 3.41. The van der Waals surface area contributed by atoms with E-state index in [0.717, 1.165) is 23.0 Å². The van der Waals surface area contributed by atoms with Gasteiger partial charge in [-0.05, 0) is 59.2 Å². The van der Waals surface area contributed by atoms with Gasteiger partial charge in [-0.2, -0.15) is 0 Å². The third-order valence-corrected chi connectivity index (χ3v) is 3.60. The summed E-state index contributed by atoms with van der Waals surface area (Å²) in [6.45, 7) is 2.70. The van der Waals surface area contributed by atoms with Crippen LogP contribution in [0.25, 0.3) is 0 Å². The van der Waals surface area contributed by atoms with Gasteiger partial charge in [-0.1, -0.05) is 6.92 Å². The van der Waals surface area contributed by atoms with Gasteiger partial charge in [0.25, 0.3) is 0 Å². The van der Waals surface area contributed by atoms with E-state index < -0.39 is 17.7 Å². The molecule has 1 N–H and O–H groups in total. The van der Waals surface area contributed by atoms with E-state index in [9.17, 15) is 8.78 Å². The van der Waals surface area contributed by atoms with Crippen molar-refractivity contribution in [3.05, 3.63) is 63.9 Å². The standard InChI is InChI=1S/C15H15BrF2N2/c1-2-7-19-14(15-12(16)4-3-8-20-15)11-9-10(17)5-6-13(11)18/h3-6,8-9,14,19H,2,7H2,1H3. The first kappa shape index (κ1) is 15.1. The van der Waals surface area contributed by atoms with Crippen LogP contribution in [-0.2, 0) is 0 Å². The first-order valence-corrected chi connectivity index (χ1v) is 7.21. The molecule has 0 aliphatic carbocycles. The Labute approximate surface area is 125 Å². The summed E-state index contributed by atoms with van der Waals surface area (Å²) in [5.41, 5.74) is 0.906. The molecule has 0 saturated heterocycles. The summed E-state index contributed by atoms with van der Waals surface area (Å²) in [4.78, 5) is 4.28. The monoisotopic (exact) mass is 340 g/mol. The highest BCUT2D eigenvalue weighted by Gasteiger charge is 2.21. The molecule has 1 aromatic heterocycles. The maximum atomic E-state index is 14.0.